The zero-order valence-corrected chi connectivity index (χ0v) is 34.7. The fourth-order valence-electron chi connectivity index (χ4n) is 4.73. The van der Waals surface area contributed by atoms with Gasteiger partial charge in [-0.3, -0.25) is 9.59 Å². The summed E-state index contributed by atoms with van der Waals surface area (Å²) in [6.07, 6.45) is 7.63. The smallest absolute Gasteiger partial charge is 0.255 e. The van der Waals surface area contributed by atoms with Crippen molar-refractivity contribution in [1.29, 1.82) is 0 Å². The average molecular weight is 815 g/mol. The van der Waals surface area contributed by atoms with E-state index in [9.17, 15) is 18.0 Å². The maximum Gasteiger partial charge on any atom is 0.255 e. The third-order valence-electron chi connectivity index (χ3n) is 7.14. The van der Waals surface area contributed by atoms with Crippen molar-refractivity contribution in [2.75, 3.05) is 18.2 Å². The lowest BCUT2D eigenvalue weighted by Crippen LogP contribution is -2.40. The number of anilines is 2. The van der Waals surface area contributed by atoms with Crippen LogP contribution in [0.3, 0.4) is 0 Å². The number of aromatic amines is 1. The standard InChI is InChI=1S/C18H21N5O3S.C17H27BrN4O2Si/c1-18(2,3)23-17(24)13-9-19-16-15(13)22-14(10-20-16)21-11-6-5-7-12(8-11)27(4,25)26;1-17(2,3)21-16(23)12-10-22(11-24-7-8-25(4,5)6)15-14(12)20-13(18)9-19-15/h5-10H,1-4H3,(H,19,20)(H,21,22)(H,23,24);9-10H,7-8,11H2,1-6H3,(H,21,23). The molecule has 0 aliphatic rings. The Bertz CT molecular complexity index is 2180. The molecule has 1 aromatic carbocycles. The Labute approximate surface area is 314 Å². The van der Waals surface area contributed by atoms with E-state index in [1.54, 1.807) is 30.7 Å². The second kappa shape index (κ2) is 15.8. The van der Waals surface area contributed by atoms with Gasteiger partial charge in [-0.25, -0.2) is 28.4 Å². The quantitative estimate of drug-likeness (QED) is 0.0877. The Morgan fingerprint density at radius 3 is 2.21 bits per heavy atom. The number of benzene rings is 1. The van der Waals surface area contributed by atoms with E-state index in [1.165, 1.54) is 18.3 Å². The first-order chi connectivity index (χ1) is 24.0. The van der Waals surface area contributed by atoms with E-state index < -0.39 is 17.9 Å². The van der Waals surface area contributed by atoms with E-state index in [0.29, 0.717) is 62.9 Å². The molecule has 4 heterocycles. The van der Waals surface area contributed by atoms with Crippen molar-refractivity contribution in [3.05, 3.63) is 64.8 Å². The van der Waals surface area contributed by atoms with Crippen LogP contribution in [0, 0.1) is 0 Å². The number of nitrogens with one attached hydrogen (secondary N) is 4. The predicted molar refractivity (Wildman–Crippen MR) is 210 cm³/mol. The van der Waals surface area contributed by atoms with Crippen LogP contribution in [0.5, 0.6) is 0 Å². The molecule has 52 heavy (non-hydrogen) atoms. The summed E-state index contributed by atoms with van der Waals surface area (Å²) < 4.78 is 31.7. The maximum absolute atomic E-state index is 12.6. The fourth-order valence-corrected chi connectivity index (χ4v) is 6.43. The highest BCUT2D eigenvalue weighted by Crippen LogP contribution is 2.23. The minimum absolute atomic E-state index is 0.161. The molecule has 17 heteroatoms. The number of rotatable bonds is 10. The van der Waals surface area contributed by atoms with Gasteiger partial charge < -0.3 is 30.2 Å². The lowest BCUT2D eigenvalue weighted by atomic mass is 10.1. The molecule has 0 saturated carbocycles. The van der Waals surface area contributed by atoms with E-state index in [0.717, 1.165) is 12.3 Å². The molecule has 0 spiro atoms. The number of carbonyl (C=O) groups excluding carboxylic acids is 2. The summed E-state index contributed by atoms with van der Waals surface area (Å²) in [6, 6.07) is 7.51. The van der Waals surface area contributed by atoms with Gasteiger partial charge in [-0.2, -0.15) is 0 Å². The first-order valence-corrected chi connectivity index (χ1v) is 23.0. The summed E-state index contributed by atoms with van der Waals surface area (Å²) >= 11 is 3.33. The molecule has 2 amide bonds. The molecule has 0 bridgehead atoms. The molecule has 14 nitrogen and oxygen atoms in total. The number of aromatic nitrogens is 6. The SMILES string of the molecule is CC(C)(C)NC(=O)c1c[nH]c2ncc(Nc3cccc(S(C)(=O)=O)c3)nc12.CC(C)(C)NC(=O)c1cn(COCC[Si](C)(C)C)c2ncc(Br)nc12. The van der Waals surface area contributed by atoms with Gasteiger partial charge in [-0.05, 0) is 81.7 Å². The van der Waals surface area contributed by atoms with Gasteiger partial charge in [0.05, 0.1) is 28.4 Å². The van der Waals surface area contributed by atoms with Crippen molar-refractivity contribution in [2.24, 2.45) is 0 Å². The van der Waals surface area contributed by atoms with Crippen LogP contribution in [0.25, 0.3) is 22.3 Å². The van der Waals surface area contributed by atoms with Crippen LogP contribution in [0.4, 0.5) is 11.5 Å². The minimum atomic E-state index is -3.31. The lowest BCUT2D eigenvalue weighted by molar-refractivity contribution is 0.0884. The van der Waals surface area contributed by atoms with Gasteiger partial charge in [0.1, 0.15) is 28.2 Å². The highest BCUT2D eigenvalue weighted by Gasteiger charge is 2.23. The second-order valence-electron chi connectivity index (χ2n) is 15.7. The zero-order chi connectivity index (χ0) is 38.6. The van der Waals surface area contributed by atoms with Crippen LogP contribution < -0.4 is 16.0 Å². The first kappa shape index (κ1) is 40.6. The van der Waals surface area contributed by atoms with Gasteiger partial charge in [0.15, 0.2) is 21.1 Å². The van der Waals surface area contributed by atoms with Crippen LogP contribution in [-0.4, -0.2) is 81.7 Å². The Balaban J connectivity index is 0.000000234. The van der Waals surface area contributed by atoms with Crippen molar-refractivity contribution >= 4 is 79.5 Å². The fraction of sp³-hybridized carbons (Fsp3) is 0.429. The summed E-state index contributed by atoms with van der Waals surface area (Å²) in [6.45, 7) is 19.6. The van der Waals surface area contributed by atoms with Gasteiger partial charge in [-0.15, -0.1) is 0 Å². The molecule has 4 aromatic heterocycles. The van der Waals surface area contributed by atoms with Crippen molar-refractivity contribution in [3.63, 3.8) is 0 Å². The number of carbonyl (C=O) groups is 2. The Kier molecular flexibility index (Phi) is 12.3. The monoisotopic (exact) mass is 813 g/mol. The number of hydrogen-bond acceptors (Lipinski definition) is 10. The van der Waals surface area contributed by atoms with Gasteiger partial charge in [0.2, 0.25) is 0 Å². The zero-order valence-electron chi connectivity index (χ0n) is 31.3. The van der Waals surface area contributed by atoms with Crippen molar-refractivity contribution < 1.29 is 22.7 Å². The molecular formula is C35H48BrN9O5SSi. The van der Waals surface area contributed by atoms with Gasteiger partial charge in [0, 0.05) is 50.1 Å². The largest absolute Gasteiger partial charge is 0.361 e. The molecule has 0 aliphatic heterocycles. The van der Waals surface area contributed by atoms with Crippen molar-refractivity contribution in [2.45, 2.75) is 89.9 Å². The van der Waals surface area contributed by atoms with Crippen LogP contribution in [0.2, 0.25) is 25.7 Å². The molecule has 5 rings (SSSR count). The third-order valence-corrected chi connectivity index (χ3v) is 10.3. The topological polar surface area (TPSA) is 186 Å². The van der Waals surface area contributed by atoms with Crippen molar-refractivity contribution in [3.8, 4) is 0 Å². The number of ether oxygens (including phenoxy) is 1. The molecule has 0 radical (unpaired) electrons. The van der Waals surface area contributed by atoms with E-state index in [-0.39, 0.29) is 27.8 Å². The second-order valence-corrected chi connectivity index (χ2v) is 24.2. The molecule has 0 unspecified atom stereocenters. The number of H-pyrrole nitrogens is 1. The van der Waals surface area contributed by atoms with Gasteiger partial charge >= 0.3 is 0 Å². The van der Waals surface area contributed by atoms with Crippen molar-refractivity contribution in [1.82, 2.24) is 40.1 Å². The minimum Gasteiger partial charge on any atom is -0.361 e. The maximum atomic E-state index is 12.6. The number of nitrogens with zero attached hydrogens (tertiary/aromatic N) is 5. The molecule has 0 fully saturated rings. The normalized spacial score (nSPS) is 12.4. The highest BCUT2D eigenvalue weighted by molar-refractivity contribution is 9.10. The van der Waals surface area contributed by atoms with Crippen LogP contribution >= 0.6 is 15.9 Å². The van der Waals surface area contributed by atoms with E-state index in [2.05, 4.69) is 76.4 Å². The number of amides is 2. The molecule has 0 atom stereocenters. The Hall–Kier alpha value is -4.19. The molecule has 0 aliphatic carbocycles. The van der Waals surface area contributed by atoms with Gasteiger partial charge in [0.25, 0.3) is 11.8 Å². The van der Waals surface area contributed by atoms with E-state index in [1.807, 2.05) is 46.1 Å². The summed E-state index contributed by atoms with van der Waals surface area (Å²) in [5.74, 6) is -0.0115. The first-order valence-electron chi connectivity index (χ1n) is 16.6. The number of hydrogen-bond donors (Lipinski definition) is 4. The summed E-state index contributed by atoms with van der Waals surface area (Å²) in [5, 5.41) is 8.90. The predicted octanol–water partition coefficient (Wildman–Crippen LogP) is 6.67. The van der Waals surface area contributed by atoms with E-state index in [4.69, 9.17) is 4.74 Å². The van der Waals surface area contributed by atoms with Crippen LogP contribution in [0.1, 0.15) is 62.3 Å². The number of fused-ring (bicyclic) bond motifs is 2. The summed E-state index contributed by atoms with van der Waals surface area (Å²) in [7, 11) is -4.44. The molecule has 4 N–H and O–H groups in total. The Morgan fingerprint density at radius 1 is 0.942 bits per heavy atom. The number of halogens is 1. The van der Waals surface area contributed by atoms with Crippen LogP contribution in [-0.2, 0) is 21.3 Å². The van der Waals surface area contributed by atoms with Crippen LogP contribution in [0.15, 0.2) is 58.6 Å². The van der Waals surface area contributed by atoms with E-state index >= 15 is 0 Å². The average Bonchev–Trinajstić information content (AvgIpc) is 3.58. The molecule has 0 saturated heterocycles. The summed E-state index contributed by atoms with van der Waals surface area (Å²) in [4.78, 5) is 45.8. The number of sulfone groups is 1. The molecule has 5 aromatic rings. The lowest BCUT2D eigenvalue weighted by Gasteiger charge is -2.20. The molecule has 280 valence electrons. The highest BCUT2D eigenvalue weighted by atomic mass is 79.9. The third kappa shape index (κ3) is 11.7. The Morgan fingerprint density at radius 2 is 1.60 bits per heavy atom. The van der Waals surface area contributed by atoms with Gasteiger partial charge in [-0.1, -0.05) is 25.7 Å². The molecular weight excluding hydrogens is 766 g/mol. The summed E-state index contributed by atoms with van der Waals surface area (Å²) in [5.41, 5.74) is 2.90.